The van der Waals surface area contributed by atoms with E-state index in [9.17, 15) is 14.0 Å². The average Bonchev–Trinajstić information content (AvgIpc) is 3.25. The number of halogens is 1. The van der Waals surface area contributed by atoms with Crippen molar-refractivity contribution in [3.05, 3.63) is 35.6 Å². The lowest BCUT2D eigenvalue weighted by molar-refractivity contribution is -0.138. The molecule has 5 nitrogen and oxygen atoms in total. The molecular weight excluding hydrogens is 275 g/mol. The SMILES string of the molecule is O=C(O)CNC(=O)CN(CCc1cccc(F)c1)C1CC1. The van der Waals surface area contributed by atoms with Gasteiger partial charge in [-0.1, -0.05) is 12.1 Å². The largest absolute Gasteiger partial charge is 0.480 e. The summed E-state index contributed by atoms with van der Waals surface area (Å²) in [4.78, 5) is 24.1. The van der Waals surface area contributed by atoms with Crippen molar-refractivity contribution in [1.29, 1.82) is 0 Å². The number of benzene rings is 1. The highest BCUT2D eigenvalue weighted by molar-refractivity contribution is 5.82. The number of carboxylic acid groups (broad SMARTS) is 1. The van der Waals surface area contributed by atoms with Crippen molar-refractivity contribution in [2.45, 2.75) is 25.3 Å². The summed E-state index contributed by atoms with van der Waals surface area (Å²) in [7, 11) is 0. The molecule has 0 bridgehead atoms. The minimum absolute atomic E-state index is 0.188. The van der Waals surface area contributed by atoms with Gasteiger partial charge in [0, 0.05) is 12.6 Å². The van der Waals surface area contributed by atoms with Crippen molar-refractivity contribution < 1.29 is 19.1 Å². The van der Waals surface area contributed by atoms with E-state index < -0.39 is 5.97 Å². The number of rotatable bonds is 8. The lowest BCUT2D eigenvalue weighted by Crippen LogP contribution is -2.41. The molecule has 1 fully saturated rings. The quantitative estimate of drug-likeness (QED) is 0.751. The molecule has 1 aromatic carbocycles. The second kappa shape index (κ2) is 7.17. The van der Waals surface area contributed by atoms with Crippen molar-refractivity contribution in [1.82, 2.24) is 10.2 Å². The number of amides is 1. The Kier molecular flexibility index (Phi) is 5.27. The topological polar surface area (TPSA) is 69.6 Å². The molecule has 1 amide bonds. The van der Waals surface area contributed by atoms with Gasteiger partial charge in [0.15, 0.2) is 0 Å². The van der Waals surface area contributed by atoms with E-state index >= 15 is 0 Å². The Hall–Kier alpha value is -1.95. The maximum absolute atomic E-state index is 13.1. The van der Waals surface area contributed by atoms with Gasteiger partial charge in [-0.3, -0.25) is 14.5 Å². The van der Waals surface area contributed by atoms with E-state index in [4.69, 9.17) is 5.11 Å². The summed E-state index contributed by atoms with van der Waals surface area (Å²) in [6.45, 7) is 0.489. The molecule has 2 rings (SSSR count). The Morgan fingerprint density at radius 3 is 2.76 bits per heavy atom. The van der Waals surface area contributed by atoms with Gasteiger partial charge in [-0.15, -0.1) is 0 Å². The van der Waals surface area contributed by atoms with Crippen LogP contribution >= 0.6 is 0 Å². The van der Waals surface area contributed by atoms with E-state index in [0.29, 0.717) is 19.0 Å². The zero-order valence-corrected chi connectivity index (χ0v) is 11.7. The summed E-state index contributed by atoms with van der Waals surface area (Å²) in [5, 5.41) is 10.9. The van der Waals surface area contributed by atoms with Crippen LogP contribution in [0.1, 0.15) is 18.4 Å². The van der Waals surface area contributed by atoms with Crippen molar-refractivity contribution in [2.24, 2.45) is 0 Å². The lowest BCUT2D eigenvalue weighted by Gasteiger charge is -2.21. The molecule has 21 heavy (non-hydrogen) atoms. The van der Waals surface area contributed by atoms with Crippen molar-refractivity contribution >= 4 is 11.9 Å². The first-order valence-corrected chi connectivity index (χ1v) is 7.01. The summed E-state index contributed by atoms with van der Waals surface area (Å²) in [6, 6.07) is 6.82. The molecule has 1 aliphatic carbocycles. The highest BCUT2D eigenvalue weighted by Crippen LogP contribution is 2.26. The van der Waals surface area contributed by atoms with E-state index in [0.717, 1.165) is 18.4 Å². The number of carboxylic acids is 1. The second-order valence-corrected chi connectivity index (χ2v) is 5.25. The maximum Gasteiger partial charge on any atom is 0.322 e. The van der Waals surface area contributed by atoms with Gasteiger partial charge in [0.2, 0.25) is 5.91 Å². The third-order valence-corrected chi connectivity index (χ3v) is 3.42. The summed E-state index contributed by atoms with van der Waals surface area (Å²) < 4.78 is 13.1. The van der Waals surface area contributed by atoms with Crippen LogP contribution in [0.4, 0.5) is 4.39 Å². The first-order valence-electron chi connectivity index (χ1n) is 7.01. The van der Waals surface area contributed by atoms with Gasteiger partial charge in [-0.05, 0) is 37.0 Å². The van der Waals surface area contributed by atoms with Crippen LogP contribution in [0, 0.1) is 5.82 Å². The van der Waals surface area contributed by atoms with Gasteiger partial charge in [0.25, 0.3) is 0 Å². The van der Waals surface area contributed by atoms with Crippen LogP contribution in [0.3, 0.4) is 0 Å². The predicted octanol–water partition coefficient (Wildman–Crippen LogP) is 1.03. The second-order valence-electron chi connectivity index (χ2n) is 5.25. The van der Waals surface area contributed by atoms with E-state index in [1.54, 1.807) is 6.07 Å². The molecule has 0 saturated heterocycles. The van der Waals surface area contributed by atoms with Crippen LogP contribution in [0.5, 0.6) is 0 Å². The van der Waals surface area contributed by atoms with Gasteiger partial charge in [-0.2, -0.15) is 0 Å². The first kappa shape index (κ1) is 15.4. The van der Waals surface area contributed by atoms with Crippen LogP contribution in [0.25, 0.3) is 0 Å². The third kappa shape index (κ3) is 5.51. The molecule has 0 aliphatic heterocycles. The fourth-order valence-corrected chi connectivity index (χ4v) is 2.21. The number of nitrogens with one attached hydrogen (secondary N) is 1. The standard InChI is InChI=1S/C15H19FN2O3/c16-12-3-1-2-11(8-12)6-7-18(13-4-5-13)10-14(19)17-9-15(20)21/h1-3,8,13H,4-7,9-10H2,(H,17,19)(H,20,21). The third-order valence-electron chi connectivity index (χ3n) is 3.42. The summed E-state index contributed by atoms with van der Waals surface area (Å²) in [5.74, 6) is -1.60. The molecule has 0 spiro atoms. The van der Waals surface area contributed by atoms with Crippen molar-refractivity contribution in [3.63, 3.8) is 0 Å². The van der Waals surface area contributed by atoms with Crippen molar-refractivity contribution in [2.75, 3.05) is 19.6 Å². The molecule has 1 aliphatic rings. The van der Waals surface area contributed by atoms with Crippen molar-refractivity contribution in [3.8, 4) is 0 Å². The van der Waals surface area contributed by atoms with Gasteiger partial charge >= 0.3 is 5.97 Å². The van der Waals surface area contributed by atoms with E-state index in [1.807, 2.05) is 11.0 Å². The Balaban J connectivity index is 1.82. The van der Waals surface area contributed by atoms with E-state index in [-0.39, 0.29) is 24.8 Å². The zero-order chi connectivity index (χ0) is 15.2. The fourth-order valence-electron chi connectivity index (χ4n) is 2.21. The summed E-state index contributed by atoms with van der Waals surface area (Å²) in [6.07, 6.45) is 2.77. The van der Waals surface area contributed by atoms with Crippen LogP contribution in [0.2, 0.25) is 0 Å². The normalized spacial score (nSPS) is 14.2. The molecular formula is C15H19FN2O3. The van der Waals surface area contributed by atoms with Crippen LogP contribution in [-0.4, -0.2) is 47.6 Å². The average molecular weight is 294 g/mol. The zero-order valence-electron chi connectivity index (χ0n) is 11.7. The van der Waals surface area contributed by atoms with E-state index in [1.165, 1.54) is 12.1 Å². The lowest BCUT2D eigenvalue weighted by atomic mass is 10.1. The number of carbonyl (C=O) groups is 2. The number of carbonyl (C=O) groups excluding carboxylic acids is 1. The van der Waals surface area contributed by atoms with Gasteiger partial charge in [0.05, 0.1) is 6.54 Å². The minimum atomic E-state index is -1.05. The first-order chi connectivity index (χ1) is 10.0. The Morgan fingerprint density at radius 1 is 1.38 bits per heavy atom. The van der Waals surface area contributed by atoms with E-state index in [2.05, 4.69) is 5.32 Å². The molecule has 0 heterocycles. The highest BCUT2D eigenvalue weighted by atomic mass is 19.1. The van der Waals surface area contributed by atoms with Crippen LogP contribution < -0.4 is 5.32 Å². The molecule has 0 unspecified atom stereocenters. The monoisotopic (exact) mass is 294 g/mol. The number of hydrogen-bond acceptors (Lipinski definition) is 3. The number of hydrogen-bond donors (Lipinski definition) is 2. The Morgan fingerprint density at radius 2 is 2.14 bits per heavy atom. The molecule has 0 radical (unpaired) electrons. The predicted molar refractivity (Wildman–Crippen MR) is 75.3 cm³/mol. The molecule has 2 N–H and O–H groups in total. The number of aliphatic carboxylic acids is 1. The van der Waals surface area contributed by atoms with Gasteiger partial charge in [-0.25, -0.2) is 4.39 Å². The number of nitrogens with zero attached hydrogens (tertiary/aromatic N) is 1. The molecule has 1 aromatic rings. The van der Waals surface area contributed by atoms with Gasteiger partial charge < -0.3 is 10.4 Å². The summed E-state index contributed by atoms with van der Waals surface area (Å²) >= 11 is 0. The minimum Gasteiger partial charge on any atom is -0.480 e. The van der Waals surface area contributed by atoms with Crippen LogP contribution in [-0.2, 0) is 16.0 Å². The smallest absolute Gasteiger partial charge is 0.322 e. The molecule has 0 atom stereocenters. The Bertz CT molecular complexity index is 517. The molecule has 6 heteroatoms. The Labute approximate surface area is 122 Å². The molecule has 114 valence electrons. The summed E-state index contributed by atoms with van der Waals surface area (Å²) in [5.41, 5.74) is 0.895. The fraction of sp³-hybridized carbons (Fsp3) is 0.467. The van der Waals surface area contributed by atoms with Gasteiger partial charge in [0.1, 0.15) is 12.4 Å². The maximum atomic E-state index is 13.1. The molecule has 1 saturated carbocycles. The highest BCUT2D eigenvalue weighted by Gasteiger charge is 2.29. The van der Waals surface area contributed by atoms with Crippen LogP contribution in [0.15, 0.2) is 24.3 Å². The molecule has 0 aromatic heterocycles.